The van der Waals surface area contributed by atoms with Crippen LogP contribution in [0.4, 0.5) is 4.79 Å². The molecule has 1 aliphatic heterocycles. The number of hydrogen-bond donors (Lipinski definition) is 4. The largest absolute Gasteiger partial charge is 0.444 e. The number of carbonyl (C=O) groups excluding carboxylic acids is 2. The highest BCUT2D eigenvalue weighted by atomic mass is 16.6. The van der Waals surface area contributed by atoms with E-state index in [1.807, 2.05) is 13.8 Å². The van der Waals surface area contributed by atoms with Crippen LogP contribution in [0.1, 0.15) is 47.5 Å². The zero-order valence-electron chi connectivity index (χ0n) is 15.5. The maximum atomic E-state index is 12.0. The van der Waals surface area contributed by atoms with Crippen LogP contribution < -0.4 is 16.0 Å². The summed E-state index contributed by atoms with van der Waals surface area (Å²) in [7, 11) is 0. The van der Waals surface area contributed by atoms with Gasteiger partial charge in [-0.25, -0.2) is 4.79 Å². The summed E-state index contributed by atoms with van der Waals surface area (Å²) < 4.78 is 5.27. The molecule has 0 aliphatic carbocycles. The molecule has 0 saturated carbocycles. The molecule has 24 heavy (non-hydrogen) atoms. The molecule has 0 unspecified atom stereocenters. The number of carbonyl (C=O) groups is 2. The summed E-state index contributed by atoms with van der Waals surface area (Å²) in [6, 6.07) is -0.398. The topological polar surface area (TPSA) is 99.7 Å². The standard InChI is InChI=1S/C17H33N3O4/c1-11(2)8-13(20-16(23)24-17(3,4)5)14(21)10-18-9-12-6-7-19-15(12)22/h11-14,18,21H,6-10H2,1-5H3,(H,19,22)(H,20,23)/t12-,13-,14+/m0/s1. The molecule has 0 aromatic carbocycles. The number of nitrogens with one attached hydrogen (secondary N) is 3. The van der Waals surface area contributed by atoms with Crippen LogP contribution in [0.5, 0.6) is 0 Å². The third-order valence-electron chi connectivity index (χ3n) is 3.80. The quantitative estimate of drug-likeness (QED) is 0.527. The maximum Gasteiger partial charge on any atom is 0.407 e. The highest BCUT2D eigenvalue weighted by Gasteiger charge is 2.27. The summed E-state index contributed by atoms with van der Waals surface area (Å²) in [5, 5.41) is 19.1. The van der Waals surface area contributed by atoms with Crippen LogP contribution in [0.15, 0.2) is 0 Å². The van der Waals surface area contributed by atoms with E-state index in [1.165, 1.54) is 0 Å². The number of aliphatic hydroxyl groups is 1. The third-order valence-corrected chi connectivity index (χ3v) is 3.80. The molecule has 1 saturated heterocycles. The van der Waals surface area contributed by atoms with E-state index in [2.05, 4.69) is 16.0 Å². The first-order chi connectivity index (χ1) is 11.1. The molecule has 4 N–H and O–H groups in total. The zero-order valence-corrected chi connectivity index (χ0v) is 15.5. The summed E-state index contributed by atoms with van der Waals surface area (Å²) >= 11 is 0. The number of amides is 2. The van der Waals surface area contributed by atoms with E-state index in [-0.39, 0.29) is 11.8 Å². The highest BCUT2D eigenvalue weighted by molar-refractivity contribution is 5.80. The first-order valence-electron chi connectivity index (χ1n) is 8.74. The fraction of sp³-hybridized carbons (Fsp3) is 0.882. The average molecular weight is 343 g/mol. The number of aliphatic hydroxyl groups excluding tert-OH is 1. The van der Waals surface area contributed by atoms with Crippen molar-refractivity contribution < 1.29 is 19.4 Å². The van der Waals surface area contributed by atoms with E-state index < -0.39 is 23.8 Å². The number of ether oxygens (including phenoxy) is 1. The number of hydrogen-bond acceptors (Lipinski definition) is 5. The minimum Gasteiger partial charge on any atom is -0.444 e. The van der Waals surface area contributed by atoms with Crippen molar-refractivity contribution in [2.24, 2.45) is 11.8 Å². The van der Waals surface area contributed by atoms with E-state index in [0.717, 1.165) is 6.42 Å². The summed E-state index contributed by atoms with van der Waals surface area (Å²) in [4.78, 5) is 23.5. The summed E-state index contributed by atoms with van der Waals surface area (Å²) in [5.74, 6) is 0.336. The Balaban J connectivity index is 2.46. The van der Waals surface area contributed by atoms with Crippen molar-refractivity contribution in [3.8, 4) is 0 Å². The molecule has 0 aromatic rings. The molecule has 140 valence electrons. The van der Waals surface area contributed by atoms with Crippen molar-refractivity contribution in [1.29, 1.82) is 0 Å². The van der Waals surface area contributed by atoms with Gasteiger partial charge in [-0.2, -0.15) is 0 Å². The first kappa shape index (κ1) is 20.7. The van der Waals surface area contributed by atoms with Gasteiger partial charge < -0.3 is 25.8 Å². The van der Waals surface area contributed by atoms with Crippen LogP contribution in [-0.2, 0) is 9.53 Å². The van der Waals surface area contributed by atoms with E-state index in [9.17, 15) is 14.7 Å². The van der Waals surface area contributed by atoms with Gasteiger partial charge >= 0.3 is 6.09 Å². The summed E-state index contributed by atoms with van der Waals surface area (Å²) in [6.45, 7) is 11.0. The lowest BCUT2D eigenvalue weighted by atomic mass is 9.99. The normalized spacial score (nSPS) is 20.6. The van der Waals surface area contributed by atoms with Gasteiger partial charge in [-0.15, -0.1) is 0 Å². The molecule has 1 fully saturated rings. The first-order valence-corrected chi connectivity index (χ1v) is 8.74. The molecule has 0 radical (unpaired) electrons. The van der Waals surface area contributed by atoms with Crippen molar-refractivity contribution in [2.45, 2.75) is 65.2 Å². The Morgan fingerprint density at radius 3 is 2.58 bits per heavy atom. The van der Waals surface area contributed by atoms with Gasteiger partial charge in [0.05, 0.1) is 18.1 Å². The molecule has 1 rings (SSSR count). The van der Waals surface area contributed by atoms with Gasteiger partial charge in [0.1, 0.15) is 5.60 Å². The monoisotopic (exact) mass is 343 g/mol. The Labute approximate surface area is 144 Å². The minimum absolute atomic E-state index is 0.0421. The summed E-state index contributed by atoms with van der Waals surface area (Å²) in [5.41, 5.74) is -0.578. The highest BCUT2D eigenvalue weighted by Crippen LogP contribution is 2.12. The molecule has 1 heterocycles. The lowest BCUT2D eigenvalue weighted by Crippen LogP contribution is -2.49. The SMILES string of the molecule is CC(C)C[C@H](NC(=O)OC(C)(C)C)[C@H](O)CNC[C@@H]1CCNC1=O. The third kappa shape index (κ3) is 7.97. The van der Waals surface area contributed by atoms with Gasteiger partial charge in [0.15, 0.2) is 0 Å². The maximum absolute atomic E-state index is 12.0. The van der Waals surface area contributed by atoms with Crippen molar-refractivity contribution in [1.82, 2.24) is 16.0 Å². The van der Waals surface area contributed by atoms with Gasteiger partial charge in [0, 0.05) is 19.6 Å². The molecular formula is C17H33N3O4. The van der Waals surface area contributed by atoms with Gasteiger partial charge in [0.2, 0.25) is 5.91 Å². The molecular weight excluding hydrogens is 310 g/mol. The van der Waals surface area contributed by atoms with E-state index in [1.54, 1.807) is 20.8 Å². The van der Waals surface area contributed by atoms with Crippen molar-refractivity contribution in [2.75, 3.05) is 19.6 Å². The Bertz CT molecular complexity index is 421. The molecule has 7 nitrogen and oxygen atoms in total. The lowest BCUT2D eigenvalue weighted by Gasteiger charge is -2.28. The van der Waals surface area contributed by atoms with E-state index in [4.69, 9.17) is 4.74 Å². The van der Waals surface area contributed by atoms with Gasteiger partial charge in [0.25, 0.3) is 0 Å². The van der Waals surface area contributed by atoms with Crippen LogP contribution in [0.2, 0.25) is 0 Å². The second-order valence-electron chi connectivity index (χ2n) is 7.88. The molecule has 1 aliphatic rings. The molecule has 0 bridgehead atoms. The fourth-order valence-electron chi connectivity index (χ4n) is 2.67. The van der Waals surface area contributed by atoms with Crippen LogP contribution >= 0.6 is 0 Å². The summed E-state index contributed by atoms with van der Waals surface area (Å²) in [6.07, 6.45) is 0.186. The van der Waals surface area contributed by atoms with Crippen molar-refractivity contribution in [3.63, 3.8) is 0 Å². The molecule has 0 spiro atoms. The second-order valence-corrected chi connectivity index (χ2v) is 7.88. The molecule has 2 amide bonds. The molecule has 7 heteroatoms. The number of alkyl carbamates (subject to hydrolysis) is 1. The molecule has 0 aromatic heterocycles. The number of rotatable bonds is 8. The van der Waals surface area contributed by atoms with Crippen LogP contribution in [-0.4, -0.2) is 54.5 Å². The van der Waals surface area contributed by atoms with E-state index >= 15 is 0 Å². The predicted octanol–water partition coefficient (Wildman–Crippen LogP) is 1.01. The minimum atomic E-state index is -0.746. The Morgan fingerprint density at radius 2 is 2.08 bits per heavy atom. The Hall–Kier alpha value is -1.34. The van der Waals surface area contributed by atoms with Gasteiger partial charge in [-0.3, -0.25) is 4.79 Å². The van der Waals surface area contributed by atoms with Crippen LogP contribution in [0.25, 0.3) is 0 Å². The van der Waals surface area contributed by atoms with E-state index in [0.29, 0.717) is 32.0 Å². The van der Waals surface area contributed by atoms with Gasteiger partial charge in [-0.1, -0.05) is 13.8 Å². The van der Waals surface area contributed by atoms with Gasteiger partial charge in [-0.05, 0) is 39.5 Å². The van der Waals surface area contributed by atoms with Crippen molar-refractivity contribution >= 4 is 12.0 Å². The average Bonchev–Trinajstić information content (AvgIpc) is 2.81. The predicted molar refractivity (Wildman–Crippen MR) is 92.6 cm³/mol. The van der Waals surface area contributed by atoms with Crippen LogP contribution in [0, 0.1) is 11.8 Å². The smallest absolute Gasteiger partial charge is 0.407 e. The fourth-order valence-corrected chi connectivity index (χ4v) is 2.67. The second kappa shape index (κ2) is 9.22. The lowest BCUT2D eigenvalue weighted by molar-refractivity contribution is -0.122. The zero-order chi connectivity index (χ0) is 18.3. The van der Waals surface area contributed by atoms with Crippen molar-refractivity contribution in [3.05, 3.63) is 0 Å². The Morgan fingerprint density at radius 1 is 1.42 bits per heavy atom. The van der Waals surface area contributed by atoms with Crippen LogP contribution in [0.3, 0.4) is 0 Å². The molecule has 3 atom stereocenters. The Kier molecular flexibility index (Phi) is 7.96.